The van der Waals surface area contributed by atoms with Crippen LogP contribution in [0.5, 0.6) is 0 Å². The van der Waals surface area contributed by atoms with Crippen LogP contribution in [0.2, 0.25) is 0 Å². The number of nitrogens with zero attached hydrogens (tertiary/aromatic N) is 3. The average Bonchev–Trinajstić information content (AvgIpc) is 4.06. The number of hydrogen-bond acceptors (Lipinski definition) is 4. The Hall–Kier alpha value is -6.04. The molecule has 0 saturated carbocycles. The van der Waals surface area contributed by atoms with Gasteiger partial charge in [0.05, 0.1) is 11.4 Å². The lowest BCUT2D eigenvalue weighted by Gasteiger charge is -2.48. The molecule has 2 aliphatic heterocycles. The maximum absolute atomic E-state index is 2.74. The first-order valence-electron chi connectivity index (χ1n) is 29.0. The fourth-order valence-electron chi connectivity index (χ4n) is 14.7. The number of thiophene rings is 1. The number of para-hydroxylation sites is 2. The second kappa shape index (κ2) is 16.7. The van der Waals surface area contributed by atoms with Crippen LogP contribution < -0.4 is 30.4 Å². The molecule has 0 N–H and O–H groups in total. The lowest BCUT2D eigenvalue weighted by atomic mass is 9.35. The SMILES string of the molecule is CC(C)(C)c1ccc(N2c3cc(N(c4ccccc4)c4ccccc4)cc4c3B(c3cc5c(cc3N4c3ccc4c(c3)C(C)(C)CCC4(C)C)C(C)(C)CCC5(C)C)c3sc4cc5c(cc4c32)C(C)(C)CCC5(C)C)cc1. The Morgan fingerprint density at radius 2 is 0.883 bits per heavy atom. The molecule has 0 atom stereocenters. The highest BCUT2D eigenvalue weighted by molar-refractivity contribution is 7.33. The van der Waals surface area contributed by atoms with Gasteiger partial charge in [-0.1, -0.05) is 165 Å². The van der Waals surface area contributed by atoms with Crippen LogP contribution >= 0.6 is 11.3 Å². The maximum Gasteiger partial charge on any atom is 0.264 e. The van der Waals surface area contributed by atoms with Crippen molar-refractivity contribution in [2.75, 3.05) is 14.7 Å². The predicted molar refractivity (Wildman–Crippen MR) is 335 cm³/mol. The number of benzene rings is 7. The van der Waals surface area contributed by atoms with Crippen molar-refractivity contribution in [3.05, 3.63) is 178 Å². The van der Waals surface area contributed by atoms with E-state index in [0.717, 1.165) is 29.9 Å². The summed E-state index contributed by atoms with van der Waals surface area (Å²) < 4.78 is 2.84. The fraction of sp³-hybridized carbons (Fsp3) is 0.389. The fourth-order valence-corrected chi connectivity index (χ4v) is 16.0. The van der Waals surface area contributed by atoms with Crippen molar-refractivity contribution in [2.45, 2.75) is 180 Å². The van der Waals surface area contributed by atoms with Gasteiger partial charge in [-0.05, 0) is 205 Å². The van der Waals surface area contributed by atoms with Gasteiger partial charge in [-0.2, -0.15) is 0 Å². The first-order valence-corrected chi connectivity index (χ1v) is 29.8. The molecule has 5 aliphatic rings. The van der Waals surface area contributed by atoms with Gasteiger partial charge in [0.1, 0.15) is 0 Å². The molecule has 0 fully saturated rings. The lowest BCUT2D eigenvalue weighted by molar-refractivity contribution is 0.332. The van der Waals surface area contributed by atoms with E-state index in [4.69, 9.17) is 0 Å². The maximum atomic E-state index is 2.74. The van der Waals surface area contributed by atoms with Gasteiger partial charge in [0, 0.05) is 54.7 Å². The van der Waals surface area contributed by atoms with E-state index in [1.165, 1.54) is 125 Å². The van der Waals surface area contributed by atoms with E-state index >= 15 is 0 Å². The molecular weight excluding hydrogens is 950 g/mol. The molecule has 0 unspecified atom stereocenters. The summed E-state index contributed by atoms with van der Waals surface area (Å²) in [5.74, 6) is 0. The third-order valence-electron chi connectivity index (χ3n) is 20.0. The molecule has 0 spiro atoms. The largest absolute Gasteiger partial charge is 0.311 e. The summed E-state index contributed by atoms with van der Waals surface area (Å²) in [6, 6.07) is 55.2. The molecule has 0 bridgehead atoms. The summed E-state index contributed by atoms with van der Waals surface area (Å²) in [4.78, 5) is 7.95. The van der Waals surface area contributed by atoms with Gasteiger partial charge in [0.15, 0.2) is 0 Å². The van der Waals surface area contributed by atoms with E-state index in [1.807, 2.05) is 0 Å². The minimum atomic E-state index is -0.00288. The minimum Gasteiger partial charge on any atom is -0.311 e. The molecule has 13 rings (SSSR count). The molecular formula is C72H80BN3S. The van der Waals surface area contributed by atoms with E-state index in [0.29, 0.717) is 0 Å². The van der Waals surface area contributed by atoms with E-state index in [2.05, 4.69) is 269 Å². The second-order valence-electron chi connectivity index (χ2n) is 29.0. The van der Waals surface area contributed by atoms with Crippen LogP contribution in [0, 0.1) is 0 Å². The Morgan fingerprint density at radius 1 is 0.429 bits per heavy atom. The van der Waals surface area contributed by atoms with Gasteiger partial charge in [0.2, 0.25) is 0 Å². The van der Waals surface area contributed by atoms with Gasteiger partial charge in [-0.25, -0.2) is 0 Å². The summed E-state index contributed by atoms with van der Waals surface area (Å²) in [5.41, 5.74) is 24.5. The van der Waals surface area contributed by atoms with Crippen molar-refractivity contribution < 1.29 is 0 Å². The zero-order valence-corrected chi connectivity index (χ0v) is 49.7. The van der Waals surface area contributed by atoms with Crippen molar-refractivity contribution in [2.24, 2.45) is 0 Å². The Kier molecular flexibility index (Phi) is 11.0. The molecule has 7 aromatic carbocycles. The van der Waals surface area contributed by atoms with Crippen LogP contribution in [0.1, 0.15) is 181 Å². The van der Waals surface area contributed by atoms with Crippen molar-refractivity contribution in [1.29, 1.82) is 0 Å². The van der Waals surface area contributed by atoms with E-state index < -0.39 is 0 Å². The molecule has 3 nitrogen and oxygen atoms in total. The molecule has 0 amide bonds. The Labute approximate surface area is 465 Å². The first kappa shape index (κ1) is 50.5. The van der Waals surface area contributed by atoms with Gasteiger partial charge in [-0.3, -0.25) is 0 Å². The summed E-state index contributed by atoms with van der Waals surface area (Å²) >= 11 is 2.07. The van der Waals surface area contributed by atoms with Crippen molar-refractivity contribution in [3.63, 3.8) is 0 Å². The molecule has 5 heteroatoms. The summed E-state index contributed by atoms with van der Waals surface area (Å²) in [5, 5.41) is 1.37. The molecule has 392 valence electrons. The van der Waals surface area contributed by atoms with Gasteiger partial charge in [-0.15, -0.1) is 11.3 Å². The highest BCUT2D eigenvalue weighted by Crippen LogP contribution is 2.56. The van der Waals surface area contributed by atoms with Gasteiger partial charge >= 0.3 is 0 Å². The molecule has 3 aliphatic carbocycles. The minimum absolute atomic E-state index is 0.00288. The van der Waals surface area contributed by atoms with Gasteiger partial charge in [0.25, 0.3) is 6.71 Å². The third kappa shape index (κ3) is 7.77. The monoisotopic (exact) mass is 1030 g/mol. The summed E-state index contributed by atoms with van der Waals surface area (Å²) in [7, 11) is 0. The number of fused-ring (bicyclic) bond motifs is 9. The molecule has 0 radical (unpaired) electrons. The van der Waals surface area contributed by atoms with Gasteiger partial charge < -0.3 is 14.7 Å². The Morgan fingerprint density at radius 3 is 1.42 bits per heavy atom. The molecule has 8 aromatic rings. The highest BCUT2D eigenvalue weighted by Gasteiger charge is 2.50. The van der Waals surface area contributed by atoms with E-state index in [9.17, 15) is 0 Å². The van der Waals surface area contributed by atoms with Crippen molar-refractivity contribution >= 4 is 95.0 Å². The van der Waals surface area contributed by atoms with E-state index in [1.54, 1.807) is 0 Å². The number of anilines is 9. The average molecular weight is 1030 g/mol. The van der Waals surface area contributed by atoms with Crippen LogP contribution in [0.25, 0.3) is 10.1 Å². The zero-order chi connectivity index (χ0) is 54.1. The van der Waals surface area contributed by atoms with Crippen LogP contribution in [-0.2, 0) is 37.9 Å². The molecule has 3 heterocycles. The number of rotatable bonds is 5. The third-order valence-corrected chi connectivity index (χ3v) is 21.2. The molecule has 1 aromatic heterocycles. The van der Waals surface area contributed by atoms with Crippen LogP contribution in [0.3, 0.4) is 0 Å². The second-order valence-corrected chi connectivity index (χ2v) is 30.1. The van der Waals surface area contributed by atoms with Crippen molar-refractivity contribution in [3.8, 4) is 0 Å². The number of hydrogen-bond donors (Lipinski definition) is 0. The summed E-state index contributed by atoms with van der Waals surface area (Å²) in [6.45, 7) is 36.9. The Balaban J connectivity index is 1.21. The zero-order valence-electron chi connectivity index (χ0n) is 48.8. The standard InChI is InChI=1S/C72H80BN3S/c1-66(2,3)45-26-28-48(29-27-45)76-61-40-50(74(46-22-18-16-19-23-46)47-24-20-17-21-25-47)39-60-63(61)73(65-64(76)51-41-54-57(44-62(51)77-65)72(14,15)37-34-69(54,8)9)58-42-55-56(71(12,13)36-35-70(55,10)11)43-59(58)75(60)49-30-31-52-53(38-49)68(6,7)33-32-67(52,4)5/h16-31,38-44H,32-37H2,1-15H3. The molecule has 0 saturated heterocycles. The normalized spacial score (nSPS) is 19.6. The predicted octanol–water partition coefficient (Wildman–Crippen LogP) is 18.8. The van der Waals surface area contributed by atoms with Crippen LogP contribution in [0.4, 0.5) is 51.2 Å². The summed E-state index contributed by atoms with van der Waals surface area (Å²) in [6.07, 6.45) is 7.03. The Bertz CT molecular complexity index is 3660. The van der Waals surface area contributed by atoms with Crippen LogP contribution in [-0.4, -0.2) is 6.71 Å². The van der Waals surface area contributed by atoms with E-state index in [-0.39, 0.29) is 44.6 Å². The van der Waals surface area contributed by atoms with Crippen LogP contribution in [0.15, 0.2) is 140 Å². The topological polar surface area (TPSA) is 9.72 Å². The lowest BCUT2D eigenvalue weighted by Crippen LogP contribution is -2.61. The molecule has 77 heavy (non-hydrogen) atoms. The quantitative estimate of drug-likeness (QED) is 0.159. The van der Waals surface area contributed by atoms with Crippen molar-refractivity contribution in [1.82, 2.24) is 0 Å². The smallest absolute Gasteiger partial charge is 0.264 e. The first-order chi connectivity index (χ1) is 36.3. The highest BCUT2D eigenvalue weighted by atomic mass is 32.1.